The Morgan fingerprint density at radius 1 is 1.42 bits per heavy atom. The van der Waals surface area contributed by atoms with Crippen LogP contribution in [-0.4, -0.2) is 33.6 Å². The molecule has 0 aromatic carbocycles. The van der Waals surface area contributed by atoms with Gasteiger partial charge in [0.05, 0.1) is 18.3 Å². The Kier molecular flexibility index (Phi) is 5.82. The Labute approximate surface area is 114 Å². The Morgan fingerprint density at radius 3 is 2.63 bits per heavy atom. The first-order valence-corrected chi connectivity index (χ1v) is 6.72. The van der Waals surface area contributed by atoms with Gasteiger partial charge in [0.1, 0.15) is 0 Å². The molecule has 0 saturated heterocycles. The van der Waals surface area contributed by atoms with E-state index in [0.717, 1.165) is 29.8 Å². The van der Waals surface area contributed by atoms with Crippen molar-refractivity contribution < 1.29 is 9.90 Å². The van der Waals surface area contributed by atoms with Gasteiger partial charge in [0, 0.05) is 24.8 Å². The van der Waals surface area contributed by atoms with Crippen LogP contribution in [0.3, 0.4) is 0 Å². The number of amides is 2. The molecule has 19 heavy (non-hydrogen) atoms. The van der Waals surface area contributed by atoms with Gasteiger partial charge in [-0.2, -0.15) is 5.10 Å². The number of hydrogen-bond acceptors (Lipinski definition) is 3. The highest BCUT2D eigenvalue weighted by Gasteiger charge is 2.14. The fourth-order valence-electron chi connectivity index (χ4n) is 2.08. The second-order valence-electron chi connectivity index (χ2n) is 4.61. The van der Waals surface area contributed by atoms with Crippen molar-refractivity contribution in [2.45, 2.75) is 46.2 Å². The van der Waals surface area contributed by atoms with Crippen molar-refractivity contribution in [1.82, 2.24) is 20.4 Å². The number of carbonyl (C=O) groups excluding carboxylic acids is 1. The van der Waals surface area contributed by atoms with E-state index >= 15 is 0 Å². The monoisotopic (exact) mass is 268 g/mol. The number of carbonyl (C=O) groups is 1. The minimum absolute atomic E-state index is 0.0687. The number of nitrogens with one attached hydrogen (secondary N) is 2. The number of aromatic nitrogens is 2. The zero-order chi connectivity index (χ0) is 14.4. The van der Waals surface area contributed by atoms with Crippen LogP contribution >= 0.6 is 0 Å². The molecule has 1 rings (SSSR count). The molecule has 108 valence electrons. The van der Waals surface area contributed by atoms with Crippen molar-refractivity contribution in [2.75, 3.05) is 6.61 Å². The summed E-state index contributed by atoms with van der Waals surface area (Å²) in [4.78, 5) is 11.6. The zero-order valence-corrected chi connectivity index (χ0v) is 12.2. The topological polar surface area (TPSA) is 79.2 Å². The van der Waals surface area contributed by atoms with Gasteiger partial charge in [0.25, 0.3) is 0 Å². The van der Waals surface area contributed by atoms with Crippen molar-refractivity contribution in [3.8, 4) is 0 Å². The predicted molar refractivity (Wildman–Crippen MR) is 73.9 cm³/mol. The number of aryl methyl sites for hydroxylation is 2. The van der Waals surface area contributed by atoms with Crippen LogP contribution < -0.4 is 10.6 Å². The first-order chi connectivity index (χ1) is 9.03. The van der Waals surface area contributed by atoms with Gasteiger partial charge in [-0.1, -0.05) is 13.8 Å². The number of aliphatic hydroxyl groups is 1. The lowest BCUT2D eigenvalue weighted by atomic mass is 10.1. The zero-order valence-electron chi connectivity index (χ0n) is 12.2. The summed E-state index contributed by atoms with van der Waals surface area (Å²) in [6, 6.07) is -0.514. The molecule has 1 unspecified atom stereocenters. The number of rotatable bonds is 6. The van der Waals surface area contributed by atoms with E-state index in [1.165, 1.54) is 0 Å². The summed E-state index contributed by atoms with van der Waals surface area (Å²) >= 11 is 0. The molecule has 0 aliphatic heterocycles. The molecule has 0 fully saturated rings. The number of aliphatic hydroxyl groups excluding tert-OH is 1. The van der Waals surface area contributed by atoms with Gasteiger partial charge in [0.15, 0.2) is 0 Å². The predicted octanol–water partition coefficient (Wildman–Crippen LogP) is 0.725. The summed E-state index contributed by atoms with van der Waals surface area (Å²) in [5, 5.41) is 18.8. The molecule has 1 heterocycles. The molecule has 1 atom stereocenters. The molecule has 0 saturated carbocycles. The summed E-state index contributed by atoms with van der Waals surface area (Å²) < 4.78 is 1.88. The van der Waals surface area contributed by atoms with Gasteiger partial charge in [-0.25, -0.2) is 4.79 Å². The smallest absolute Gasteiger partial charge is 0.315 e. The fraction of sp³-hybridized carbons (Fsp3) is 0.692. The molecule has 0 spiro atoms. The lowest BCUT2D eigenvalue weighted by Gasteiger charge is -2.12. The largest absolute Gasteiger partial charge is 0.394 e. The maximum absolute atomic E-state index is 11.6. The first kappa shape index (κ1) is 15.5. The van der Waals surface area contributed by atoms with Gasteiger partial charge in [-0.3, -0.25) is 4.68 Å². The third-order valence-electron chi connectivity index (χ3n) is 3.10. The number of urea groups is 1. The molecule has 3 N–H and O–H groups in total. The first-order valence-electron chi connectivity index (χ1n) is 6.72. The highest BCUT2D eigenvalue weighted by atomic mass is 16.3. The molecule has 0 radical (unpaired) electrons. The average molecular weight is 268 g/mol. The van der Waals surface area contributed by atoms with Crippen LogP contribution in [0.25, 0.3) is 0 Å². The van der Waals surface area contributed by atoms with Crippen molar-refractivity contribution >= 4 is 6.03 Å². The van der Waals surface area contributed by atoms with E-state index in [1.54, 1.807) is 6.92 Å². The fourth-order valence-corrected chi connectivity index (χ4v) is 2.08. The number of hydrogen-bond donors (Lipinski definition) is 3. The van der Waals surface area contributed by atoms with Gasteiger partial charge < -0.3 is 15.7 Å². The minimum Gasteiger partial charge on any atom is -0.394 e. The third kappa shape index (κ3) is 3.96. The Balaban J connectivity index is 2.69. The highest BCUT2D eigenvalue weighted by molar-refractivity contribution is 5.74. The lowest BCUT2D eigenvalue weighted by Crippen LogP contribution is -2.42. The normalized spacial score (nSPS) is 12.3. The van der Waals surface area contributed by atoms with E-state index in [0.29, 0.717) is 6.54 Å². The molecular formula is C13H24N4O2. The maximum Gasteiger partial charge on any atom is 0.315 e. The highest BCUT2D eigenvalue weighted by Crippen LogP contribution is 2.14. The Bertz CT molecular complexity index is 429. The van der Waals surface area contributed by atoms with Crippen LogP contribution in [0.2, 0.25) is 0 Å². The van der Waals surface area contributed by atoms with Crippen molar-refractivity contribution in [2.24, 2.45) is 7.05 Å². The Hall–Kier alpha value is -1.56. The molecule has 6 nitrogen and oxygen atoms in total. The van der Waals surface area contributed by atoms with E-state index < -0.39 is 0 Å². The summed E-state index contributed by atoms with van der Waals surface area (Å²) in [6.07, 6.45) is 1.73. The summed E-state index contributed by atoms with van der Waals surface area (Å²) in [5.74, 6) is 0. The molecule has 0 bridgehead atoms. The summed E-state index contributed by atoms with van der Waals surface area (Å²) in [6.45, 7) is 6.27. The van der Waals surface area contributed by atoms with E-state index in [-0.39, 0.29) is 18.7 Å². The third-order valence-corrected chi connectivity index (χ3v) is 3.10. The van der Waals surface area contributed by atoms with E-state index in [2.05, 4.69) is 29.6 Å². The standard InChI is InChI=1S/C13H24N4O2/c1-5-11-10(12(6-2)17(4)16-11)7-14-13(19)15-9(3)8-18/h9,18H,5-8H2,1-4H3,(H2,14,15,19). The second kappa shape index (κ2) is 7.13. The van der Waals surface area contributed by atoms with Gasteiger partial charge >= 0.3 is 6.03 Å². The van der Waals surface area contributed by atoms with Crippen LogP contribution in [0.4, 0.5) is 4.79 Å². The molecule has 0 aliphatic carbocycles. The van der Waals surface area contributed by atoms with Gasteiger partial charge in [0.2, 0.25) is 0 Å². The molecule has 2 amide bonds. The van der Waals surface area contributed by atoms with Crippen molar-refractivity contribution in [3.63, 3.8) is 0 Å². The molecule has 1 aromatic rings. The van der Waals surface area contributed by atoms with Crippen LogP contribution in [0.15, 0.2) is 0 Å². The maximum atomic E-state index is 11.6. The second-order valence-corrected chi connectivity index (χ2v) is 4.61. The van der Waals surface area contributed by atoms with Gasteiger partial charge in [-0.05, 0) is 19.8 Å². The molecular weight excluding hydrogens is 244 g/mol. The van der Waals surface area contributed by atoms with Crippen LogP contribution in [0, 0.1) is 0 Å². The minimum atomic E-state index is -0.269. The molecule has 6 heteroatoms. The number of nitrogens with zero attached hydrogens (tertiary/aromatic N) is 2. The van der Waals surface area contributed by atoms with Crippen LogP contribution in [0.1, 0.15) is 37.7 Å². The SMILES string of the molecule is CCc1nn(C)c(CC)c1CNC(=O)NC(C)CO. The van der Waals surface area contributed by atoms with Crippen LogP contribution in [0.5, 0.6) is 0 Å². The molecule has 1 aromatic heterocycles. The quantitative estimate of drug-likeness (QED) is 0.711. The summed E-state index contributed by atoms with van der Waals surface area (Å²) in [7, 11) is 1.93. The van der Waals surface area contributed by atoms with Crippen molar-refractivity contribution in [1.29, 1.82) is 0 Å². The lowest BCUT2D eigenvalue weighted by molar-refractivity contribution is 0.220. The molecule has 0 aliphatic rings. The van der Waals surface area contributed by atoms with Crippen molar-refractivity contribution in [3.05, 3.63) is 17.0 Å². The van der Waals surface area contributed by atoms with Gasteiger partial charge in [-0.15, -0.1) is 0 Å². The van der Waals surface area contributed by atoms with Crippen LogP contribution in [-0.2, 0) is 26.4 Å². The Morgan fingerprint density at radius 2 is 2.11 bits per heavy atom. The summed E-state index contributed by atoms with van der Waals surface area (Å²) in [5.41, 5.74) is 3.27. The van der Waals surface area contributed by atoms with E-state index in [1.807, 2.05) is 11.7 Å². The van der Waals surface area contributed by atoms with E-state index in [9.17, 15) is 4.79 Å². The van der Waals surface area contributed by atoms with E-state index in [4.69, 9.17) is 5.11 Å². The average Bonchev–Trinajstić information content (AvgIpc) is 2.71.